The lowest BCUT2D eigenvalue weighted by atomic mass is 9.95. The summed E-state index contributed by atoms with van der Waals surface area (Å²) in [4.78, 5) is 28.9. The number of nitrogens with one attached hydrogen (secondary N) is 1. The van der Waals surface area contributed by atoms with Gasteiger partial charge in [0.15, 0.2) is 0 Å². The van der Waals surface area contributed by atoms with Gasteiger partial charge < -0.3 is 5.32 Å². The first kappa shape index (κ1) is 14.2. The van der Waals surface area contributed by atoms with E-state index >= 15 is 0 Å². The summed E-state index contributed by atoms with van der Waals surface area (Å²) < 4.78 is 1.46. The van der Waals surface area contributed by atoms with E-state index in [0.717, 1.165) is 5.56 Å². The lowest BCUT2D eigenvalue weighted by Crippen LogP contribution is -2.32. The van der Waals surface area contributed by atoms with Crippen molar-refractivity contribution in [1.29, 1.82) is 0 Å². The zero-order valence-corrected chi connectivity index (χ0v) is 12.4. The summed E-state index contributed by atoms with van der Waals surface area (Å²) in [6.07, 6.45) is 1.72. The highest BCUT2D eigenvalue weighted by atomic mass is 16.2. The predicted octanol–water partition coefficient (Wildman–Crippen LogP) is 2.30. The van der Waals surface area contributed by atoms with Gasteiger partial charge in [-0.1, -0.05) is 26.8 Å². The van der Waals surface area contributed by atoms with Gasteiger partial charge in [0, 0.05) is 11.6 Å². The van der Waals surface area contributed by atoms with Crippen LogP contribution in [0.25, 0.3) is 5.65 Å². The number of anilines is 1. The molecule has 20 heavy (non-hydrogen) atoms. The van der Waals surface area contributed by atoms with Crippen molar-refractivity contribution in [3.8, 4) is 0 Å². The van der Waals surface area contributed by atoms with Gasteiger partial charge in [-0.05, 0) is 25.5 Å². The molecule has 0 spiro atoms. The third-order valence-corrected chi connectivity index (χ3v) is 3.07. The van der Waals surface area contributed by atoms with E-state index < -0.39 is 5.41 Å². The van der Waals surface area contributed by atoms with Crippen LogP contribution in [-0.4, -0.2) is 15.3 Å². The van der Waals surface area contributed by atoms with Crippen LogP contribution in [0.2, 0.25) is 0 Å². The molecule has 0 bridgehead atoms. The van der Waals surface area contributed by atoms with Gasteiger partial charge in [-0.3, -0.25) is 14.0 Å². The minimum Gasteiger partial charge on any atom is -0.320 e. The van der Waals surface area contributed by atoms with E-state index in [1.165, 1.54) is 4.40 Å². The molecule has 0 saturated heterocycles. The molecule has 5 heteroatoms. The van der Waals surface area contributed by atoms with E-state index in [1.54, 1.807) is 40.0 Å². The Hall–Kier alpha value is -2.17. The molecule has 1 N–H and O–H groups in total. The molecule has 0 aliphatic carbocycles. The van der Waals surface area contributed by atoms with Crippen molar-refractivity contribution >= 4 is 17.2 Å². The number of pyridine rings is 1. The largest absolute Gasteiger partial charge is 0.320 e. The molecule has 0 unspecified atom stereocenters. The molecule has 0 fully saturated rings. The van der Waals surface area contributed by atoms with Crippen LogP contribution in [0.4, 0.5) is 5.69 Å². The smallest absolute Gasteiger partial charge is 0.281 e. The summed E-state index contributed by atoms with van der Waals surface area (Å²) in [7, 11) is 0. The standard InChI is InChI=1S/C15H19N3O2/c1-9-6-7-11-16-10(2)12(13(19)18(11)8-9)17-14(20)15(3,4)5/h6-8H,1-5H3,(H,17,20). The Morgan fingerprint density at radius 3 is 2.50 bits per heavy atom. The summed E-state index contributed by atoms with van der Waals surface area (Å²) in [6, 6.07) is 3.69. The van der Waals surface area contributed by atoms with Crippen LogP contribution in [0.5, 0.6) is 0 Å². The first-order valence-electron chi connectivity index (χ1n) is 6.51. The van der Waals surface area contributed by atoms with Gasteiger partial charge in [-0.15, -0.1) is 0 Å². The summed E-state index contributed by atoms with van der Waals surface area (Å²) in [6.45, 7) is 9.02. The summed E-state index contributed by atoms with van der Waals surface area (Å²) in [5, 5.41) is 2.70. The van der Waals surface area contributed by atoms with Crippen molar-refractivity contribution in [2.45, 2.75) is 34.6 Å². The highest BCUT2D eigenvalue weighted by molar-refractivity contribution is 5.94. The van der Waals surface area contributed by atoms with Gasteiger partial charge in [0.1, 0.15) is 11.3 Å². The Morgan fingerprint density at radius 1 is 1.25 bits per heavy atom. The second-order valence-electron chi connectivity index (χ2n) is 6.02. The van der Waals surface area contributed by atoms with E-state index in [4.69, 9.17) is 0 Å². The van der Waals surface area contributed by atoms with E-state index in [-0.39, 0.29) is 17.2 Å². The van der Waals surface area contributed by atoms with Gasteiger partial charge in [0.2, 0.25) is 5.91 Å². The Labute approximate surface area is 117 Å². The number of carbonyl (C=O) groups excluding carboxylic acids is 1. The molecule has 2 aromatic rings. The van der Waals surface area contributed by atoms with E-state index in [1.807, 2.05) is 13.0 Å². The SMILES string of the molecule is Cc1ccc2nc(C)c(NC(=O)C(C)(C)C)c(=O)n2c1. The summed E-state index contributed by atoms with van der Waals surface area (Å²) >= 11 is 0. The molecule has 0 atom stereocenters. The molecule has 0 aliphatic heterocycles. The molecular weight excluding hydrogens is 254 g/mol. The summed E-state index contributed by atoms with van der Waals surface area (Å²) in [5.41, 5.74) is 1.48. The van der Waals surface area contributed by atoms with E-state index in [0.29, 0.717) is 11.3 Å². The van der Waals surface area contributed by atoms with Gasteiger partial charge in [0.05, 0.1) is 5.69 Å². The molecule has 5 nitrogen and oxygen atoms in total. The Balaban J connectivity index is 2.60. The van der Waals surface area contributed by atoms with Crippen LogP contribution in [-0.2, 0) is 4.79 Å². The topological polar surface area (TPSA) is 63.5 Å². The van der Waals surface area contributed by atoms with Crippen LogP contribution in [0.3, 0.4) is 0 Å². The fraction of sp³-hybridized carbons (Fsp3) is 0.400. The van der Waals surface area contributed by atoms with Crippen molar-refractivity contribution in [3.63, 3.8) is 0 Å². The second-order valence-corrected chi connectivity index (χ2v) is 6.02. The number of rotatable bonds is 1. The second kappa shape index (κ2) is 4.74. The fourth-order valence-corrected chi connectivity index (χ4v) is 1.80. The van der Waals surface area contributed by atoms with Crippen molar-refractivity contribution in [2.24, 2.45) is 5.41 Å². The zero-order chi connectivity index (χ0) is 15.1. The first-order valence-corrected chi connectivity index (χ1v) is 6.51. The van der Waals surface area contributed by atoms with Gasteiger partial charge in [-0.25, -0.2) is 4.98 Å². The van der Waals surface area contributed by atoms with Crippen LogP contribution in [0.1, 0.15) is 32.0 Å². The van der Waals surface area contributed by atoms with Crippen LogP contribution < -0.4 is 10.9 Å². The molecule has 0 radical (unpaired) electrons. The monoisotopic (exact) mass is 273 g/mol. The maximum atomic E-state index is 12.5. The van der Waals surface area contributed by atoms with Crippen LogP contribution in [0, 0.1) is 19.3 Å². The van der Waals surface area contributed by atoms with E-state index in [2.05, 4.69) is 10.3 Å². The molecule has 2 rings (SSSR count). The maximum Gasteiger partial charge on any atom is 0.281 e. The van der Waals surface area contributed by atoms with Crippen molar-refractivity contribution in [1.82, 2.24) is 9.38 Å². The fourth-order valence-electron chi connectivity index (χ4n) is 1.80. The first-order chi connectivity index (χ1) is 9.20. The van der Waals surface area contributed by atoms with Crippen molar-refractivity contribution in [2.75, 3.05) is 5.32 Å². The highest BCUT2D eigenvalue weighted by Crippen LogP contribution is 2.17. The Morgan fingerprint density at radius 2 is 1.90 bits per heavy atom. The molecular formula is C15H19N3O2. The van der Waals surface area contributed by atoms with Gasteiger partial charge in [0.25, 0.3) is 5.56 Å². The van der Waals surface area contributed by atoms with E-state index in [9.17, 15) is 9.59 Å². The third-order valence-electron chi connectivity index (χ3n) is 3.07. The molecule has 0 saturated carbocycles. The molecule has 0 aromatic carbocycles. The molecule has 0 aliphatic rings. The number of fused-ring (bicyclic) bond motifs is 1. The normalized spacial score (nSPS) is 11.7. The van der Waals surface area contributed by atoms with Crippen LogP contribution in [0.15, 0.2) is 23.1 Å². The minimum atomic E-state index is -0.564. The Kier molecular flexibility index (Phi) is 3.38. The quantitative estimate of drug-likeness (QED) is 0.867. The average molecular weight is 273 g/mol. The molecule has 2 heterocycles. The van der Waals surface area contributed by atoms with Gasteiger partial charge in [-0.2, -0.15) is 0 Å². The number of aryl methyl sites for hydroxylation is 2. The minimum absolute atomic E-state index is 0.202. The lowest BCUT2D eigenvalue weighted by molar-refractivity contribution is -0.123. The predicted molar refractivity (Wildman–Crippen MR) is 79.0 cm³/mol. The molecule has 1 amide bonds. The number of carbonyl (C=O) groups is 1. The number of hydrogen-bond acceptors (Lipinski definition) is 3. The summed E-state index contributed by atoms with van der Waals surface area (Å²) in [5.74, 6) is -0.202. The van der Waals surface area contributed by atoms with Gasteiger partial charge >= 0.3 is 0 Å². The maximum absolute atomic E-state index is 12.5. The number of aromatic nitrogens is 2. The molecule has 106 valence electrons. The average Bonchev–Trinajstić information content (AvgIpc) is 2.34. The van der Waals surface area contributed by atoms with Crippen molar-refractivity contribution in [3.05, 3.63) is 39.9 Å². The zero-order valence-electron chi connectivity index (χ0n) is 12.4. The number of nitrogens with zero attached hydrogens (tertiary/aromatic N) is 2. The highest BCUT2D eigenvalue weighted by Gasteiger charge is 2.23. The van der Waals surface area contributed by atoms with Crippen LogP contribution >= 0.6 is 0 Å². The number of amides is 1. The molecule has 2 aromatic heterocycles. The number of hydrogen-bond donors (Lipinski definition) is 1. The Bertz CT molecular complexity index is 739. The lowest BCUT2D eigenvalue weighted by Gasteiger charge is -2.18. The third kappa shape index (κ3) is 2.57. The van der Waals surface area contributed by atoms with Crippen molar-refractivity contribution < 1.29 is 4.79 Å².